The van der Waals surface area contributed by atoms with Crippen LogP contribution in [0.5, 0.6) is 0 Å². The summed E-state index contributed by atoms with van der Waals surface area (Å²) in [5, 5.41) is 12.7. The molecule has 12 aromatic carbocycles. The summed E-state index contributed by atoms with van der Waals surface area (Å²) in [6.45, 7) is 0. The normalized spacial score (nSPS) is 11.6. The number of rotatable bonds is 12. The Morgan fingerprint density at radius 3 is 0.697 bits per heavy atom. The van der Waals surface area contributed by atoms with Crippen LogP contribution in [-0.2, 0) is 0 Å². The largest absolute Gasteiger partial charge is 0.278 e. The van der Waals surface area contributed by atoms with Gasteiger partial charge in [0.1, 0.15) is 33.9 Å². The van der Waals surface area contributed by atoms with Crippen LogP contribution < -0.4 is 0 Å². The van der Waals surface area contributed by atoms with Gasteiger partial charge in [0.05, 0.1) is 33.1 Å². The Balaban J connectivity index is 0.000000106. The minimum absolute atomic E-state index is 0.451. The van der Waals surface area contributed by atoms with Crippen molar-refractivity contribution in [2.24, 2.45) is 0 Å². The van der Waals surface area contributed by atoms with Crippen molar-refractivity contribution in [2.75, 3.05) is 0 Å². The van der Waals surface area contributed by atoms with Crippen molar-refractivity contribution >= 4 is 132 Å². The Kier molecular flexibility index (Phi) is 18.3. The Bertz CT molecular complexity index is 8480. The van der Waals surface area contributed by atoms with E-state index in [4.69, 9.17) is 74.8 Å². The van der Waals surface area contributed by atoms with Crippen molar-refractivity contribution in [2.45, 2.75) is 0 Å². The van der Waals surface area contributed by atoms with Crippen LogP contribution in [0.25, 0.3) is 235 Å². The monoisotopic (exact) mass is 1700 g/mol. The van der Waals surface area contributed by atoms with Crippen molar-refractivity contribution in [3.63, 3.8) is 0 Å². The lowest BCUT2D eigenvalue weighted by Gasteiger charge is -2.14. The summed E-state index contributed by atoms with van der Waals surface area (Å²) in [4.78, 5) is 74.8. The second-order valence-corrected chi connectivity index (χ2v) is 31.9. The molecule has 0 aliphatic carbocycles. The molecule has 0 aliphatic rings. The van der Waals surface area contributed by atoms with Gasteiger partial charge in [0.2, 0.25) is 35.7 Å². The fourth-order valence-corrected chi connectivity index (χ4v) is 18.5. The van der Waals surface area contributed by atoms with Crippen LogP contribution in [0.2, 0.25) is 0 Å². The molecule has 27 rings (SSSR count). The van der Waals surface area contributed by atoms with Crippen LogP contribution in [0.1, 0.15) is 0 Å². The van der Waals surface area contributed by atoms with Gasteiger partial charge in [-0.15, -0.1) is 0 Å². The summed E-state index contributed by atoms with van der Waals surface area (Å²) in [5.74, 6) is 4.61. The Morgan fingerprint density at radius 2 is 0.364 bits per heavy atom. The van der Waals surface area contributed by atoms with E-state index in [1.807, 2.05) is 165 Å². The molecule has 0 spiro atoms. The number of hydrogen-bond donors (Lipinski definition) is 0. The standard InChI is InChI=1S/3C37H23N7/c1-2-11-24(12-3-1)25-13-8-14-26(23-25)33-40-36(43-31-19-6-4-15-27(31)28-16-5-7-20-32(28)43)42-37(41-33)44-34-29(17-9-21-38-34)30-18-10-22-39-35(30)44;1-2-10-24(11-3-1)25-18-20-26(21-19-25)33-40-36(43-31-16-6-4-12-27(31)28-13-5-7-17-32(28)43)42-37(41-33)44-34-29(14-8-22-38-34)30-15-9-23-39-35(30)44;1-2-12-24(13-3-1)25-14-4-5-17-28(25)33-40-36(43-31-20-8-6-15-26(31)27-16-7-9-21-32(27)43)42-37(41-33)44-34-29(18-10-22-38-34)30-19-11-23-39-35(30)44/h3*1-23H. The molecule has 0 saturated carbocycles. The van der Waals surface area contributed by atoms with Crippen molar-refractivity contribution in [1.82, 2.24) is 102 Å². The molecule has 0 unspecified atom stereocenters. The first-order valence-corrected chi connectivity index (χ1v) is 43.3. The zero-order valence-corrected chi connectivity index (χ0v) is 70.2. The van der Waals surface area contributed by atoms with Gasteiger partial charge in [-0.05, 0) is 149 Å². The SMILES string of the molecule is c1ccc(-c2ccc(-c3nc(-n4c5ccccc5c5ccccc54)nc(-n4c5ncccc5c5cccnc54)n3)cc2)cc1.c1ccc(-c2cccc(-c3nc(-n4c5ccccc5c5ccccc54)nc(-n4c5ncccc5c5cccnc54)n3)c2)cc1.c1ccc(-c2ccccc2-c2nc(-n3c4ccccc4c4ccccc43)nc(-n3c4ncccc4c4cccnc43)n2)cc1. The maximum absolute atomic E-state index is 5.19. The molecule has 0 aliphatic heterocycles. The van der Waals surface area contributed by atoms with Crippen LogP contribution in [0.4, 0.5) is 0 Å². The number of hydrogen-bond acceptors (Lipinski definition) is 15. The third kappa shape index (κ3) is 12.9. The molecule has 0 saturated heterocycles. The van der Waals surface area contributed by atoms with Crippen LogP contribution >= 0.6 is 0 Å². The lowest BCUT2D eigenvalue weighted by molar-refractivity contribution is 0.883. The molecular formula is C111H69N21. The molecule has 0 N–H and O–H groups in total. The highest BCUT2D eigenvalue weighted by molar-refractivity contribution is 6.13. The molecule has 0 fully saturated rings. The van der Waals surface area contributed by atoms with Crippen LogP contribution in [0.15, 0.2) is 419 Å². The molecule has 15 heterocycles. The van der Waals surface area contributed by atoms with Gasteiger partial charge in [-0.25, -0.2) is 43.6 Å². The van der Waals surface area contributed by atoms with Gasteiger partial charge < -0.3 is 0 Å². The minimum Gasteiger partial charge on any atom is -0.278 e. The first-order valence-electron chi connectivity index (χ1n) is 43.3. The average molecular weight is 1700 g/mol. The van der Waals surface area contributed by atoms with E-state index in [9.17, 15) is 0 Å². The maximum Gasteiger partial charge on any atom is 0.242 e. The summed E-state index contributed by atoms with van der Waals surface area (Å²) >= 11 is 0. The maximum atomic E-state index is 5.19. The fraction of sp³-hybridized carbons (Fsp3) is 0. The number of nitrogens with zero attached hydrogens (tertiary/aromatic N) is 21. The fourth-order valence-electron chi connectivity index (χ4n) is 18.5. The first-order chi connectivity index (χ1) is 65.5. The summed E-state index contributed by atoms with van der Waals surface area (Å²) in [6, 6.07) is 130. The van der Waals surface area contributed by atoms with Gasteiger partial charge in [-0.1, -0.05) is 267 Å². The number of para-hydroxylation sites is 6. The van der Waals surface area contributed by atoms with Gasteiger partial charge in [0, 0.05) is 119 Å². The molecule has 21 heteroatoms. The van der Waals surface area contributed by atoms with Crippen LogP contribution in [0, 0.1) is 0 Å². The smallest absolute Gasteiger partial charge is 0.242 e. The van der Waals surface area contributed by atoms with Gasteiger partial charge in [-0.2, -0.15) is 44.9 Å². The molecule has 0 bridgehead atoms. The Hall–Kier alpha value is -18.6. The quantitative estimate of drug-likeness (QED) is 0.111. The zero-order valence-electron chi connectivity index (χ0n) is 70.2. The number of aromatic nitrogens is 21. The second-order valence-electron chi connectivity index (χ2n) is 31.9. The van der Waals surface area contributed by atoms with Crippen molar-refractivity contribution in [3.8, 4) is 103 Å². The topological polar surface area (TPSA) is 223 Å². The van der Waals surface area contributed by atoms with E-state index < -0.39 is 0 Å². The van der Waals surface area contributed by atoms with Gasteiger partial charge in [-0.3, -0.25) is 13.7 Å². The number of fused-ring (bicyclic) bond motifs is 18. The van der Waals surface area contributed by atoms with Gasteiger partial charge in [0.25, 0.3) is 0 Å². The third-order valence-electron chi connectivity index (χ3n) is 24.4. The number of benzene rings is 12. The summed E-state index contributed by atoms with van der Waals surface area (Å²) in [6.07, 6.45) is 10.7. The highest BCUT2D eigenvalue weighted by Gasteiger charge is 2.28. The van der Waals surface area contributed by atoms with E-state index in [2.05, 4.69) is 244 Å². The Morgan fingerprint density at radius 1 is 0.136 bits per heavy atom. The molecule has 0 radical (unpaired) electrons. The second kappa shape index (κ2) is 31.8. The van der Waals surface area contributed by atoms with E-state index in [1.165, 1.54) is 0 Å². The predicted octanol–water partition coefficient (Wildman–Crippen LogP) is 24.6. The Labute approximate surface area is 751 Å². The van der Waals surface area contributed by atoms with E-state index in [1.54, 1.807) is 37.2 Å². The molecule has 0 atom stereocenters. The van der Waals surface area contributed by atoms with E-state index in [-0.39, 0.29) is 0 Å². The molecule has 618 valence electrons. The van der Waals surface area contributed by atoms with Crippen molar-refractivity contribution in [3.05, 3.63) is 419 Å². The van der Waals surface area contributed by atoms with Crippen LogP contribution in [-0.4, -0.2) is 102 Å². The molecule has 132 heavy (non-hydrogen) atoms. The molecule has 15 aromatic heterocycles. The average Bonchev–Trinajstić information content (AvgIpc) is 1.58. The lowest BCUT2D eigenvalue weighted by atomic mass is 9.99. The summed E-state index contributed by atoms with van der Waals surface area (Å²) in [7, 11) is 0. The van der Waals surface area contributed by atoms with E-state index in [0.717, 1.165) is 182 Å². The van der Waals surface area contributed by atoms with E-state index >= 15 is 0 Å². The molecule has 0 amide bonds. The van der Waals surface area contributed by atoms with Crippen LogP contribution in [0.3, 0.4) is 0 Å². The molecule has 21 nitrogen and oxygen atoms in total. The zero-order chi connectivity index (χ0) is 87.1. The summed E-state index contributed by atoms with van der Waals surface area (Å²) in [5.41, 5.74) is 19.9. The predicted molar refractivity (Wildman–Crippen MR) is 525 cm³/mol. The van der Waals surface area contributed by atoms with Gasteiger partial charge >= 0.3 is 0 Å². The highest BCUT2D eigenvalue weighted by Crippen LogP contribution is 2.41. The molecule has 27 aromatic rings. The molecular weight excluding hydrogens is 1630 g/mol. The van der Waals surface area contributed by atoms with E-state index in [0.29, 0.717) is 53.2 Å². The minimum atomic E-state index is 0.451. The highest BCUT2D eigenvalue weighted by atomic mass is 15.3. The van der Waals surface area contributed by atoms with Crippen molar-refractivity contribution < 1.29 is 0 Å². The van der Waals surface area contributed by atoms with Gasteiger partial charge in [0.15, 0.2) is 17.5 Å². The lowest BCUT2D eigenvalue weighted by Crippen LogP contribution is -2.11. The number of pyridine rings is 6. The summed E-state index contributed by atoms with van der Waals surface area (Å²) < 4.78 is 12.2. The first kappa shape index (κ1) is 75.9. The third-order valence-corrected chi connectivity index (χ3v) is 24.4. The van der Waals surface area contributed by atoms with Crippen molar-refractivity contribution in [1.29, 1.82) is 0 Å².